The third-order valence-corrected chi connectivity index (χ3v) is 3.93. The van der Waals surface area contributed by atoms with Gasteiger partial charge < -0.3 is 15.6 Å². The van der Waals surface area contributed by atoms with E-state index >= 15 is 0 Å². The lowest BCUT2D eigenvalue weighted by atomic mass is 9.82. The normalized spacial score (nSPS) is 20.3. The molecule has 3 rings (SSSR count). The Labute approximate surface area is 126 Å². The molecule has 0 saturated heterocycles. The molecule has 112 valence electrons. The fraction of sp³-hybridized carbons (Fsp3) is 0.471. The summed E-state index contributed by atoms with van der Waals surface area (Å²) in [4.78, 5) is 7.94. The Morgan fingerprint density at radius 1 is 1.19 bits per heavy atom. The number of hydrogen-bond donors (Lipinski definition) is 3. The molecule has 0 amide bonds. The Balaban J connectivity index is 2.05. The van der Waals surface area contributed by atoms with Gasteiger partial charge in [0.25, 0.3) is 0 Å². The van der Waals surface area contributed by atoms with Crippen LogP contribution in [0.2, 0.25) is 0 Å². The molecule has 3 heterocycles. The average Bonchev–Trinajstić information content (AvgIpc) is 2.77. The van der Waals surface area contributed by atoms with E-state index in [1.807, 2.05) is 13.2 Å². The van der Waals surface area contributed by atoms with Crippen molar-refractivity contribution in [3.05, 3.63) is 30.1 Å². The van der Waals surface area contributed by atoms with E-state index in [1.165, 1.54) is 11.3 Å². The molecule has 4 heteroatoms. The van der Waals surface area contributed by atoms with Crippen molar-refractivity contribution in [2.45, 2.75) is 45.2 Å². The maximum atomic E-state index is 4.48. The maximum Gasteiger partial charge on any atom is 0.137 e. The monoisotopic (exact) mass is 284 g/mol. The van der Waals surface area contributed by atoms with E-state index < -0.39 is 0 Å². The zero-order valence-electron chi connectivity index (χ0n) is 13.5. The molecule has 0 bridgehead atoms. The van der Waals surface area contributed by atoms with Crippen LogP contribution in [0.1, 0.15) is 39.8 Å². The van der Waals surface area contributed by atoms with E-state index in [0.29, 0.717) is 0 Å². The maximum absolute atomic E-state index is 4.48. The number of hydrogen-bond acceptors (Lipinski definition) is 3. The van der Waals surface area contributed by atoms with Gasteiger partial charge in [-0.15, -0.1) is 0 Å². The Bertz CT molecular complexity index is 707. The first-order valence-electron chi connectivity index (χ1n) is 7.46. The predicted octanol–water partition coefficient (Wildman–Crippen LogP) is 3.54. The first-order chi connectivity index (χ1) is 9.78. The minimum atomic E-state index is -0.00204. The van der Waals surface area contributed by atoms with Crippen LogP contribution in [0.25, 0.3) is 16.6 Å². The summed E-state index contributed by atoms with van der Waals surface area (Å²) in [5.41, 5.74) is 4.60. The first kappa shape index (κ1) is 14.1. The lowest BCUT2D eigenvalue weighted by Gasteiger charge is -2.41. The first-order valence-corrected chi connectivity index (χ1v) is 7.46. The molecule has 1 aliphatic heterocycles. The van der Waals surface area contributed by atoms with E-state index in [9.17, 15) is 0 Å². The van der Waals surface area contributed by atoms with E-state index in [2.05, 4.69) is 66.5 Å². The van der Waals surface area contributed by atoms with Gasteiger partial charge in [0.2, 0.25) is 0 Å². The third-order valence-electron chi connectivity index (χ3n) is 3.93. The van der Waals surface area contributed by atoms with Gasteiger partial charge in [0.05, 0.1) is 11.9 Å². The Morgan fingerprint density at radius 3 is 2.62 bits per heavy atom. The number of pyridine rings is 1. The second-order valence-corrected chi connectivity index (χ2v) is 7.17. The lowest BCUT2D eigenvalue weighted by molar-refractivity contribution is 0.297. The van der Waals surface area contributed by atoms with Crippen LogP contribution in [-0.2, 0) is 0 Å². The van der Waals surface area contributed by atoms with Crippen LogP contribution in [0.15, 0.2) is 24.4 Å². The smallest absolute Gasteiger partial charge is 0.137 e. The molecular formula is C17H24N4. The fourth-order valence-corrected chi connectivity index (χ4v) is 3.41. The zero-order chi connectivity index (χ0) is 15.3. The van der Waals surface area contributed by atoms with Crippen LogP contribution in [0.4, 0.5) is 5.69 Å². The molecule has 3 N–H and O–H groups in total. The topological polar surface area (TPSA) is 52.7 Å². The van der Waals surface area contributed by atoms with E-state index in [4.69, 9.17) is 0 Å². The number of fused-ring (bicyclic) bond motifs is 1. The summed E-state index contributed by atoms with van der Waals surface area (Å²) in [5.74, 6) is 0. The van der Waals surface area contributed by atoms with Gasteiger partial charge in [0, 0.05) is 29.2 Å². The molecule has 4 nitrogen and oxygen atoms in total. The third kappa shape index (κ3) is 2.81. The molecule has 0 aliphatic carbocycles. The molecule has 1 aliphatic rings. The summed E-state index contributed by atoms with van der Waals surface area (Å²) in [7, 11) is 1.91. The highest BCUT2D eigenvalue weighted by molar-refractivity contribution is 5.84. The molecule has 0 spiro atoms. The summed E-state index contributed by atoms with van der Waals surface area (Å²) in [5, 5.41) is 7.95. The molecular weight excluding hydrogens is 260 g/mol. The van der Waals surface area contributed by atoms with Crippen LogP contribution in [-0.4, -0.2) is 28.1 Å². The van der Waals surface area contributed by atoms with Gasteiger partial charge in [-0.25, -0.2) is 4.98 Å². The zero-order valence-corrected chi connectivity index (χ0v) is 13.5. The van der Waals surface area contributed by atoms with Gasteiger partial charge >= 0.3 is 0 Å². The second kappa shape index (κ2) is 4.60. The highest BCUT2D eigenvalue weighted by Gasteiger charge is 2.32. The van der Waals surface area contributed by atoms with Gasteiger partial charge in [-0.1, -0.05) is 6.08 Å². The van der Waals surface area contributed by atoms with Gasteiger partial charge in [0.1, 0.15) is 5.65 Å². The standard InChI is InChI=1S/C17H24N4/c1-16(2)8-12(9-17(3,4)21-16)14-7-11-6-13(18-5)10-19-15(11)20-14/h6-8,10,18,21H,9H2,1-5H3,(H,19,20). The highest BCUT2D eigenvalue weighted by Crippen LogP contribution is 2.34. The molecule has 0 aromatic carbocycles. The van der Waals surface area contributed by atoms with E-state index in [1.54, 1.807) is 0 Å². The summed E-state index contributed by atoms with van der Waals surface area (Å²) >= 11 is 0. The SMILES string of the molecule is CNc1cnc2[nH]c(C3=CC(C)(C)NC(C)(C)C3)cc2c1. The van der Waals surface area contributed by atoms with E-state index in [0.717, 1.165) is 23.1 Å². The van der Waals surface area contributed by atoms with Crippen LogP contribution >= 0.6 is 0 Å². The lowest BCUT2D eigenvalue weighted by Crippen LogP contribution is -2.53. The number of aromatic amines is 1. The molecule has 0 radical (unpaired) electrons. The van der Waals surface area contributed by atoms with E-state index in [-0.39, 0.29) is 11.1 Å². The minimum Gasteiger partial charge on any atom is -0.387 e. The highest BCUT2D eigenvalue weighted by atomic mass is 15.0. The van der Waals surface area contributed by atoms with Crippen molar-refractivity contribution in [2.24, 2.45) is 0 Å². The number of rotatable bonds is 2. The Kier molecular flexibility index (Phi) is 3.10. The molecule has 0 saturated carbocycles. The average molecular weight is 284 g/mol. The fourth-order valence-electron chi connectivity index (χ4n) is 3.41. The molecule has 2 aromatic heterocycles. The largest absolute Gasteiger partial charge is 0.387 e. The molecule has 0 fully saturated rings. The molecule has 0 atom stereocenters. The molecule has 0 unspecified atom stereocenters. The van der Waals surface area contributed by atoms with Gasteiger partial charge in [-0.2, -0.15) is 0 Å². The van der Waals surface area contributed by atoms with Crippen molar-refractivity contribution < 1.29 is 0 Å². The van der Waals surface area contributed by atoms with Crippen LogP contribution in [0.3, 0.4) is 0 Å². The minimum absolute atomic E-state index is 0.00204. The van der Waals surface area contributed by atoms with Crippen molar-refractivity contribution in [1.82, 2.24) is 15.3 Å². The predicted molar refractivity (Wildman–Crippen MR) is 89.5 cm³/mol. The second-order valence-electron chi connectivity index (χ2n) is 7.17. The summed E-state index contributed by atoms with van der Waals surface area (Å²) in [6, 6.07) is 4.33. The van der Waals surface area contributed by atoms with Crippen molar-refractivity contribution in [1.29, 1.82) is 0 Å². The van der Waals surface area contributed by atoms with Gasteiger partial charge in [-0.3, -0.25) is 0 Å². The summed E-state index contributed by atoms with van der Waals surface area (Å²) < 4.78 is 0. The Morgan fingerprint density at radius 2 is 1.95 bits per heavy atom. The summed E-state index contributed by atoms with van der Waals surface area (Å²) in [6.45, 7) is 8.94. The van der Waals surface area contributed by atoms with Crippen molar-refractivity contribution in [3.8, 4) is 0 Å². The van der Waals surface area contributed by atoms with Crippen molar-refractivity contribution in [2.75, 3.05) is 12.4 Å². The van der Waals surface area contributed by atoms with Crippen molar-refractivity contribution >= 4 is 22.3 Å². The number of aromatic nitrogens is 2. The van der Waals surface area contributed by atoms with Crippen LogP contribution in [0.5, 0.6) is 0 Å². The number of nitrogens with one attached hydrogen (secondary N) is 3. The summed E-state index contributed by atoms with van der Waals surface area (Å²) in [6.07, 6.45) is 5.18. The van der Waals surface area contributed by atoms with Gasteiger partial charge in [-0.05, 0) is 51.8 Å². The Hall–Kier alpha value is -1.81. The molecule has 2 aromatic rings. The number of H-pyrrole nitrogens is 1. The quantitative estimate of drug-likeness (QED) is 0.790. The number of nitrogens with zero attached hydrogens (tertiary/aromatic N) is 1. The van der Waals surface area contributed by atoms with Crippen molar-refractivity contribution in [3.63, 3.8) is 0 Å². The molecule has 21 heavy (non-hydrogen) atoms. The van der Waals surface area contributed by atoms with Gasteiger partial charge in [0.15, 0.2) is 0 Å². The van der Waals surface area contributed by atoms with Crippen LogP contribution < -0.4 is 10.6 Å². The number of anilines is 1. The van der Waals surface area contributed by atoms with Crippen LogP contribution in [0, 0.1) is 0 Å².